The lowest BCUT2D eigenvalue weighted by atomic mass is 10.1. The van der Waals surface area contributed by atoms with Crippen LogP contribution in [0.5, 0.6) is 0 Å². The van der Waals surface area contributed by atoms with E-state index in [1.165, 1.54) is 11.3 Å². The van der Waals surface area contributed by atoms with E-state index < -0.39 is 11.9 Å². The zero-order valence-electron chi connectivity index (χ0n) is 12.4. The minimum atomic E-state index is -0.921. The molecule has 1 aliphatic carbocycles. The molecule has 1 heterocycles. The Morgan fingerprint density at radius 1 is 1.27 bits per heavy atom. The third-order valence-corrected chi connectivity index (χ3v) is 4.66. The average Bonchev–Trinajstić information content (AvgIpc) is 2.98. The summed E-state index contributed by atoms with van der Waals surface area (Å²) >= 11 is 1.42. The van der Waals surface area contributed by atoms with Gasteiger partial charge in [0.1, 0.15) is 5.00 Å². The van der Waals surface area contributed by atoms with Gasteiger partial charge in [-0.15, -0.1) is 11.3 Å². The minimum absolute atomic E-state index is 0.0426. The maximum atomic E-state index is 12.1. The number of carboxylic acid groups (broad SMARTS) is 1. The first-order valence-corrected chi connectivity index (χ1v) is 8.17. The molecule has 0 saturated carbocycles. The molecule has 0 atom stereocenters. The van der Waals surface area contributed by atoms with Gasteiger partial charge in [-0.25, -0.2) is 4.79 Å². The second kappa shape index (κ2) is 7.40. The molecule has 0 unspecified atom stereocenters. The number of nitrogens with one attached hydrogen (secondary N) is 1. The van der Waals surface area contributed by atoms with Crippen LogP contribution in [0.4, 0.5) is 5.00 Å². The van der Waals surface area contributed by atoms with Gasteiger partial charge in [0.2, 0.25) is 5.91 Å². The number of hydrogen-bond donors (Lipinski definition) is 2. The molecule has 22 heavy (non-hydrogen) atoms. The van der Waals surface area contributed by atoms with E-state index in [-0.39, 0.29) is 31.8 Å². The lowest BCUT2D eigenvalue weighted by molar-refractivity contribution is -0.137. The Morgan fingerprint density at radius 3 is 2.73 bits per heavy atom. The standard InChI is InChI=1S/C15H19NO5S/c1-2-21-15(20)13-9-5-3-6-10(9)22-14(13)16-11(17)7-4-8-12(18)19/h2-8H2,1H3,(H,16,17)(H,18,19). The SMILES string of the molecule is CCOC(=O)c1c(NC(=O)CCCC(=O)O)sc2c1CCC2. The van der Waals surface area contributed by atoms with E-state index in [0.29, 0.717) is 10.6 Å². The Hall–Kier alpha value is -1.89. The molecule has 0 bridgehead atoms. The first kappa shape index (κ1) is 16.5. The Morgan fingerprint density at radius 2 is 2.05 bits per heavy atom. The molecule has 1 aliphatic rings. The van der Waals surface area contributed by atoms with Crippen molar-refractivity contribution in [3.63, 3.8) is 0 Å². The normalized spacial score (nSPS) is 12.8. The van der Waals surface area contributed by atoms with Gasteiger partial charge in [-0.2, -0.15) is 0 Å². The second-order valence-corrected chi connectivity index (χ2v) is 6.18. The van der Waals surface area contributed by atoms with Crippen molar-refractivity contribution in [2.24, 2.45) is 0 Å². The molecular weight excluding hydrogens is 306 g/mol. The largest absolute Gasteiger partial charge is 0.481 e. The summed E-state index contributed by atoms with van der Waals surface area (Å²) in [6, 6.07) is 0. The van der Waals surface area contributed by atoms with Crippen LogP contribution in [0.3, 0.4) is 0 Å². The summed E-state index contributed by atoms with van der Waals surface area (Å²) in [5.74, 6) is -1.59. The van der Waals surface area contributed by atoms with Crippen molar-refractivity contribution >= 4 is 34.2 Å². The van der Waals surface area contributed by atoms with Crippen molar-refractivity contribution in [2.75, 3.05) is 11.9 Å². The number of amides is 1. The van der Waals surface area contributed by atoms with Crippen molar-refractivity contribution in [3.8, 4) is 0 Å². The Bertz CT molecular complexity index is 593. The van der Waals surface area contributed by atoms with Crippen LogP contribution in [-0.4, -0.2) is 29.6 Å². The lowest BCUT2D eigenvalue weighted by Gasteiger charge is -2.07. The molecule has 2 rings (SSSR count). The molecule has 120 valence electrons. The topological polar surface area (TPSA) is 92.7 Å². The summed E-state index contributed by atoms with van der Waals surface area (Å²) in [7, 11) is 0. The van der Waals surface area contributed by atoms with E-state index in [1.807, 2.05) is 0 Å². The number of carbonyl (C=O) groups is 3. The van der Waals surface area contributed by atoms with Gasteiger partial charge in [-0.05, 0) is 38.2 Å². The Kier molecular flexibility index (Phi) is 5.54. The van der Waals surface area contributed by atoms with E-state index in [9.17, 15) is 14.4 Å². The van der Waals surface area contributed by atoms with Crippen molar-refractivity contribution < 1.29 is 24.2 Å². The highest BCUT2D eigenvalue weighted by Crippen LogP contribution is 2.39. The maximum Gasteiger partial charge on any atom is 0.341 e. The highest BCUT2D eigenvalue weighted by molar-refractivity contribution is 7.17. The minimum Gasteiger partial charge on any atom is -0.481 e. The molecule has 0 saturated heterocycles. The molecular formula is C15H19NO5S. The fraction of sp³-hybridized carbons (Fsp3) is 0.533. The summed E-state index contributed by atoms with van der Waals surface area (Å²) in [4.78, 5) is 35.6. The van der Waals surface area contributed by atoms with Crippen LogP contribution < -0.4 is 5.32 Å². The molecule has 0 spiro atoms. The van der Waals surface area contributed by atoms with E-state index in [0.717, 1.165) is 29.7 Å². The van der Waals surface area contributed by atoms with E-state index in [2.05, 4.69) is 5.32 Å². The lowest BCUT2D eigenvalue weighted by Crippen LogP contribution is -2.15. The number of carbonyl (C=O) groups excluding carboxylic acids is 2. The number of hydrogen-bond acceptors (Lipinski definition) is 5. The Labute approximate surface area is 132 Å². The fourth-order valence-electron chi connectivity index (χ4n) is 2.50. The molecule has 7 heteroatoms. The molecule has 1 aromatic rings. The molecule has 1 amide bonds. The number of anilines is 1. The van der Waals surface area contributed by atoms with Gasteiger partial charge >= 0.3 is 11.9 Å². The smallest absolute Gasteiger partial charge is 0.341 e. The summed E-state index contributed by atoms with van der Waals surface area (Å²) in [5, 5.41) is 11.9. The van der Waals surface area contributed by atoms with Crippen molar-refractivity contribution in [1.29, 1.82) is 0 Å². The van der Waals surface area contributed by atoms with Gasteiger partial charge in [-0.3, -0.25) is 9.59 Å². The van der Waals surface area contributed by atoms with Crippen molar-refractivity contribution in [1.82, 2.24) is 0 Å². The van der Waals surface area contributed by atoms with Crippen LogP contribution in [0.2, 0.25) is 0 Å². The first-order valence-electron chi connectivity index (χ1n) is 7.36. The van der Waals surface area contributed by atoms with Gasteiger partial charge < -0.3 is 15.2 Å². The number of rotatable bonds is 7. The maximum absolute atomic E-state index is 12.1. The molecule has 6 nitrogen and oxygen atoms in total. The highest BCUT2D eigenvalue weighted by Gasteiger charge is 2.28. The second-order valence-electron chi connectivity index (χ2n) is 5.08. The summed E-state index contributed by atoms with van der Waals surface area (Å²) in [6.07, 6.45) is 3.12. The highest BCUT2D eigenvalue weighted by atomic mass is 32.1. The van der Waals surface area contributed by atoms with Crippen LogP contribution in [0, 0.1) is 0 Å². The number of fused-ring (bicyclic) bond motifs is 1. The number of esters is 1. The Balaban J connectivity index is 2.08. The predicted octanol–water partition coefficient (Wildman–Crippen LogP) is 2.61. The van der Waals surface area contributed by atoms with Crippen LogP contribution in [0.25, 0.3) is 0 Å². The number of aryl methyl sites for hydroxylation is 1. The van der Waals surface area contributed by atoms with Gasteiger partial charge in [0.25, 0.3) is 0 Å². The molecule has 0 aliphatic heterocycles. The first-order chi connectivity index (χ1) is 10.5. The van der Waals surface area contributed by atoms with Crippen LogP contribution in [0.1, 0.15) is 53.4 Å². The number of aliphatic carboxylic acids is 1. The zero-order valence-corrected chi connectivity index (χ0v) is 13.3. The summed E-state index contributed by atoms with van der Waals surface area (Å²) in [5.41, 5.74) is 1.47. The van der Waals surface area contributed by atoms with Crippen LogP contribution in [0.15, 0.2) is 0 Å². The van der Waals surface area contributed by atoms with Gasteiger partial charge in [0, 0.05) is 17.7 Å². The van der Waals surface area contributed by atoms with E-state index >= 15 is 0 Å². The van der Waals surface area contributed by atoms with E-state index in [1.54, 1.807) is 6.92 Å². The zero-order chi connectivity index (χ0) is 16.1. The molecule has 0 aromatic carbocycles. The monoisotopic (exact) mass is 325 g/mol. The third kappa shape index (κ3) is 3.85. The van der Waals surface area contributed by atoms with Crippen LogP contribution in [-0.2, 0) is 27.2 Å². The summed E-state index contributed by atoms with van der Waals surface area (Å²) < 4.78 is 5.09. The molecule has 0 fully saturated rings. The fourth-order valence-corrected chi connectivity index (χ4v) is 3.79. The van der Waals surface area contributed by atoms with Crippen molar-refractivity contribution in [2.45, 2.75) is 45.4 Å². The van der Waals surface area contributed by atoms with Crippen molar-refractivity contribution in [3.05, 3.63) is 16.0 Å². The molecule has 2 N–H and O–H groups in total. The third-order valence-electron chi connectivity index (χ3n) is 3.45. The quantitative estimate of drug-likeness (QED) is 0.752. The van der Waals surface area contributed by atoms with E-state index in [4.69, 9.17) is 9.84 Å². The summed E-state index contributed by atoms with van der Waals surface area (Å²) in [6.45, 7) is 2.03. The average molecular weight is 325 g/mol. The number of carboxylic acids is 1. The van der Waals surface area contributed by atoms with Gasteiger partial charge in [-0.1, -0.05) is 0 Å². The number of ether oxygens (including phenoxy) is 1. The van der Waals surface area contributed by atoms with Gasteiger partial charge in [0.05, 0.1) is 12.2 Å². The molecule has 0 radical (unpaired) electrons. The predicted molar refractivity (Wildman–Crippen MR) is 82.4 cm³/mol. The van der Waals surface area contributed by atoms with Crippen LogP contribution >= 0.6 is 11.3 Å². The van der Waals surface area contributed by atoms with Gasteiger partial charge in [0.15, 0.2) is 0 Å². The molecule has 1 aromatic heterocycles. The number of thiophene rings is 1.